The minimum absolute atomic E-state index is 0.0172. The SMILES string of the molecule is NC(=O)CCN1C(=O)NC(c2ccccc2)C1=O. The van der Waals surface area contributed by atoms with Gasteiger partial charge in [-0.2, -0.15) is 0 Å². The number of amides is 4. The number of rotatable bonds is 4. The summed E-state index contributed by atoms with van der Waals surface area (Å²) in [5, 5.41) is 2.58. The highest BCUT2D eigenvalue weighted by Crippen LogP contribution is 2.21. The third-order valence-electron chi connectivity index (χ3n) is 2.74. The molecule has 1 atom stereocenters. The Hall–Kier alpha value is -2.37. The fraction of sp³-hybridized carbons (Fsp3) is 0.250. The third kappa shape index (κ3) is 2.32. The molecule has 1 fully saturated rings. The van der Waals surface area contributed by atoms with Crippen LogP contribution in [0.2, 0.25) is 0 Å². The molecular formula is C12H13N3O3. The highest BCUT2D eigenvalue weighted by atomic mass is 16.2. The molecule has 18 heavy (non-hydrogen) atoms. The summed E-state index contributed by atoms with van der Waals surface area (Å²) in [6, 6.07) is 7.78. The Morgan fingerprint density at radius 3 is 2.56 bits per heavy atom. The van der Waals surface area contributed by atoms with Crippen molar-refractivity contribution in [1.82, 2.24) is 10.2 Å². The van der Waals surface area contributed by atoms with Crippen LogP contribution < -0.4 is 11.1 Å². The first kappa shape index (κ1) is 12.1. The van der Waals surface area contributed by atoms with Gasteiger partial charge in [-0.15, -0.1) is 0 Å². The van der Waals surface area contributed by atoms with E-state index < -0.39 is 18.0 Å². The smallest absolute Gasteiger partial charge is 0.325 e. The molecule has 2 rings (SSSR count). The zero-order valence-electron chi connectivity index (χ0n) is 9.63. The van der Waals surface area contributed by atoms with Crippen LogP contribution in [0, 0.1) is 0 Å². The Kier molecular flexibility index (Phi) is 3.27. The Labute approximate surface area is 104 Å². The average Bonchev–Trinajstić information content (AvgIpc) is 2.63. The number of imide groups is 1. The van der Waals surface area contributed by atoms with Gasteiger partial charge < -0.3 is 11.1 Å². The van der Waals surface area contributed by atoms with E-state index in [4.69, 9.17) is 5.73 Å². The second-order valence-corrected chi connectivity index (χ2v) is 4.00. The maximum atomic E-state index is 12.0. The van der Waals surface area contributed by atoms with Crippen LogP contribution in [0.4, 0.5) is 4.79 Å². The van der Waals surface area contributed by atoms with Gasteiger partial charge in [0.2, 0.25) is 5.91 Å². The predicted octanol–water partition coefficient (Wildman–Crippen LogP) is 0.155. The Balaban J connectivity index is 2.12. The Morgan fingerprint density at radius 2 is 1.94 bits per heavy atom. The van der Waals surface area contributed by atoms with Crippen LogP contribution in [0.15, 0.2) is 30.3 Å². The highest BCUT2D eigenvalue weighted by molar-refractivity contribution is 6.04. The molecule has 4 amide bonds. The van der Waals surface area contributed by atoms with E-state index >= 15 is 0 Å². The van der Waals surface area contributed by atoms with Gasteiger partial charge in [0.15, 0.2) is 0 Å². The zero-order valence-corrected chi connectivity index (χ0v) is 9.63. The zero-order chi connectivity index (χ0) is 13.1. The molecule has 94 valence electrons. The van der Waals surface area contributed by atoms with Crippen molar-refractivity contribution in [2.24, 2.45) is 5.73 Å². The minimum atomic E-state index is -0.674. The number of urea groups is 1. The molecule has 0 aliphatic carbocycles. The van der Waals surface area contributed by atoms with Crippen molar-refractivity contribution < 1.29 is 14.4 Å². The third-order valence-corrected chi connectivity index (χ3v) is 2.74. The number of nitrogens with one attached hydrogen (secondary N) is 1. The van der Waals surface area contributed by atoms with Crippen LogP contribution in [0.5, 0.6) is 0 Å². The molecule has 6 nitrogen and oxygen atoms in total. The largest absolute Gasteiger partial charge is 0.370 e. The van der Waals surface area contributed by atoms with Crippen molar-refractivity contribution in [2.75, 3.05) is 6.54 Å². The molecule has 0 aromatic heterocycles. The fourth-order valence-electron chi connectivity index (χ4n) is 1.82. The molecule has 1 aromatic rings. The molecule has 0 spiro atoms. The molecule has 0 bridgehead atoms. The van der Waals surface area contributed by atoms with Gasteiger partial charge in [-0.25, -0.2) is 4.79 Å². The molecule has 1 aromatic carbocycles. The van der Waals surface area contributed by atoms with E-state index in [0.29, 0.717) is 0 Å². The van der Waals surface area contributed by atoms with E-state index in [1.165, 1.54) is 0 Å². The summed E-state index contributed by atoms with van der Waals surface area (Å²) >= 11 is 0. The second-order valence-electron chi connectivity index (χ2n) is 4.00. The number of benzene rings is 1. The van der Waals surface area contributed by atoms with Crippen molar-refractivity contribution in [2.45, 2.75) is 12.5 Å². The molecule has 1 unspecified atom stereocenters. The minimum Gasteiger partial charge on any atom is -0.370 e. The van der Waals surface area contributed by atoms with E-state index in [1.807, 2.05) is 6.07 Å². The number of hydrogen-bond acceptors (Lipinski definition) is 3. The van der Waals surface area contributed by atoms with Gasteiger partial charge in [0.25, 0.3) is 5.91 Å². The molecule has 1 saturated heterocycles. The summed E-state index contributed by atoms with van der Waals surface area (Å²) in [6.07, 6.45) is -0.0271. The molecule has 0 saturated carbocycles. The van der Waals surface area contributed by atoms with Gasteiger partial charge in [-0.05, 0) is 5.56 Å². The quantitative estimate of drug-likeness (QED) is 0.742. The fourth-order valence-corrected chi connectivity index (χ4v) is 1.82. The Morgan fingerprint density at radius 1 is 1.28 bits per heavy atom. The summed E-state index contributed by atoms with van der Waals surface area (Å²) in [5.41, 5.74) is 5.72. The molecular weight excluding hydrogens is 234 g/mol. The van der Waals surface area contributed by atoms with Crippen LogP contribution in [0.3, 0.4) is 0 Å². The van der Waals surface area contributed by atoms with Crippen LogP contribution in [0.25, 0.3) is 0 Å². The van der Waals surface area contributed by atoms with Crippen LogP contribution in [-0.2, 0) is 9.59 Å². The average molecular weight is 247 g/mol. The Bertz CT molecular complexity index is 487. The van der Waals surface area contributed by atoms with Gasteiger partial charge in [0.1, 0.15) is 6.04 Å². The monoisotopic (exact) mass is 247 g/mol. The molecule has 1 aliphatic rings. The summed E-state index contributed by atoms with van der Waals surface area (Å²) in [5.74, 6) is -0.897. The van der Waals surface area contributed by atoms with E-state index in [0.717, 1.165) is 10.5 Å². The maximum absolute atomic E-state index is 12.0. The normalized spacial score (nSPS) is 18.9. The maximum Gasteiger partial charge on any atom is 0.325 e. The van der Waals surface area contributed by atoms with Crippen molar-refractivity contribution in [3.8, 4) is 0 Å². The van der Waals surface area contributed by atoms with Gasteiger partial charge in [-0.3, -0.25) is 14.5 Å². The topological polar surface area (TPSA) is 92.5 Å². The summed E-state index contributed by atoms with van der Waals surface area (Å²) in [4.78, 5) is 35.3. The van der Waals surface area contributed by atoms with E-state index in [9.17, 15) is 14.4 Å². The van der Waals surface area contributed by atoms with Crippen molar-refractivity contribution >= 4 is 17.8 Å². The van der Waals surface area contributed by atoms with E-state index in [2.05, 4.69) is 5.32 Å². The lowest BCUT2D eigenvalue weighted by Gasteiger charge is -2.11. The number of hydrogen-bond donors (Lipinski definition) is 2. The first-order chi connectivity index (χ1) is 8.59. The second kappa shape index (κ2) is 4.87. The lowest BCUT2D eigenvalue weighted by atomic mass is 10.1. The van der Waals surface area contributed by atoms with Crippen LogP contribution in [0.1, 0.15) is 18.0 Å². The van der Waals surface area contributed by atoms with Crippen molar-refractivity contribution in [3.63, 3.8) is 0 Å². The first-order valence-corrected chi connectivity index (χ1v) is 5.54. The van der Waals surface area contributed by atoms with Gasteiger partial charge >= 0.3 is 6.03 Å². The predicted molar refractivity (Wildman–Crippen MR) is 63.2 cm³/mol. The van der Waals surface area contributed by atoms with Crippen molar-refractivity contribution in [3.05, 3.63) is 35.9 Å². The molecule has 6 heteroatoms. The number of nitrogens with zero attached hydrogens (tertiary/aromatic N) is 1. The standard InChI is InChI=1S/C12H13N3O3/c13-9(16)6-7-15-11(17)10(14-12(15)18)8-4-2-1-3-5-8/h1-5,10H,6-7H2,(H2,13,16)(H,14,18). The first-order valence-electron chi connectivity index (χ1n) is 5.54. The lowest BCUT2D eigenvalue weighted by Crippen LogP contribution is -2.34. The van der Waals surface area contributed by atoms with Crippen molar-refractivity contribution in [1.29, 1.82) is 0 Å². The van der Waals surface area contributed by atoms with Crippen LogP contribution in [-0.4, -0.2) is 29.3 Å². The van der Waals surface area contributed by atoms with E-state index in [-0.39, 0.29) is 18.9 Å². The van der Waals surface area contributed by atoms with Gasteiger partial charge in [0, 0.05) is 13.0 Å². The lowest BCUT2D eigenvalue weighted by molar-refractivity contribution is -0.128. The summed E-state index contributed by atoms with van der Waals surface area (Å²) in [6.45, 7) is 0.0172. The van der Waals surface area contributed by atoms with Gasteiger partial charge in [0.05, 0.1) is 0 Å². The molecule has 1 aliphatic heterocycles. The number of carbonyl (C=O) groups excluding carboxylic acids is 3. The summed E-state index contributed by atoms with van der Waals surface area (Å²) < 4.78 is 0. The molecule has 3 N–H and O–H groups in total. The molecule has 1 heterocycles. The highest BCUT2D eigenvalue weighted by Gasteiger charge is 2.38. The number of primary amides is 1. The van der Waals surface area contributed by atoms with Gasteiger partial charge in [-0.1, -0.05) is 30.3 Å². The summed E-state index contributed by atoms with van der Waals surface area (Å²) in [7, 11) is 0. The molecule has 0 radical (unpaired) electrons. The van der Waals surface area contributed by atoms with E-state index in [1.54, 1.807) is 24.3 Å². The number of nitrogens with two attached hydrogens (primary N) is 1. The number of carbonyl (C=O) groups is 3. The van der Waals surface area contributed by atoms with Crippen LogP contribution >= 0.6 is 0 Å².